The number of hydrogen-bond donors (Lipinski definition) is 0. The maximum absolute atomic E-state index is 14.6. The summed E-state index contributed by atoms with van der Waals surface area (Å²) < 4.78 is 20.1. The van der Waals surface area contributed by atoms with Gasteiger partial charge in [0.2, 0.25) is 5.96 Å². The van der Waals surface area contributed by atoms with Crippen molar-refractivity contribution >= 4 is 34.9 Å². The third-order valence-corrected chi connectivity index (χ3v) is 5.00. The van der Waals surface area contributed by atoms with Gasteiger partial charge in [-0.05, 0) is 45.0 Å². The summed E-state index contributed by atoms with van der Waals surface area (Å²) in [6.07, 6.45) is -0.269. The minimum Gasteiger partial charge on any atom is -0.458 e. The molecular formula is C23H22FN3O3. The molecule has 0 amide bonds. The first-order valence-electron chi connectivity index (χ1n) is 9.73. The van der Waals surface area contributed by atoms with Crippen molar-refractivity contribution in [2.24, 2.45) is 10.4 Å². The topological polar surface area (TPSA) is 62.2 Å². The number of aliphatic imine (C=N–C) groups is 1. The van der Waals surface area contributed by atoms with Crippen LogP contribution in [0.1, 0.15) is 26.3 Å². The van der Waals surface area contributed by atoms with Gasteiger partial charge < -0.3 is 9.64 Å². The highest BCUT2D eigenvalue weighted by Crippen LogP contribution is 2.39. The Morgan fingerprint density at radius 1 is 1.13 bits per heavy atom. The first-order valence-corrected chi connectivity index (χ1v) is 9.73. The Balaban J connectivity index is 1.69. The molecular weight excluding hydrogens is 385 g/mol. The van der Waals surface area contributed by atoms with Crippen LogP contribution in [0.2, 0.25) is 0 Å². The molecule has 2 aliphatic heterocycles. The Bertz CT molecular complexity index is 1060. The zero-order chi connectivity index (χ0) is 21.5. The normalized spacial score (nSPS) is 16.4. The van der Waals surface area contributed by atoms with Gasteiger partial charge in [-0.25, -0.2) is 14.2 Å². The second-order valence-electron chi connectivity index (χ2n) is 8.35. The van der Waals surface area contributed by atoms with Crippen molar-refractivity contribution in [1.29, 1.82) is 0 Å². The van der Waals surface area contributed by atoms with Crippen LogP contribution in [0.15, 0.2) is 53.5 Å². The number of rotatable bonds is 2. The van der Waals surface area contributed by atoms with E-state index in [-0.39, 0.29) is 23.3 Å². The molecule has 0 aliphatic carbocycles. The maximum atomic E-state index is 14.6. The zero-order valence-corrected chi connectivity index (χ0v) is 17.1. The monoisotopic (exact) mass is 407 g/mol. The van der Waals surface area contributed by atoms with Crippen LogP contribution in [0.5, 0.6) is 0 Å². The second-order valence-corrected chi connectivity index (χ2v) is 8.35. The maximum Gasteiger partial charge on any atom is 0.311 e. The summed E-state index contributed by atoms with van der Waals surface area (Å²) in [5.74, 6) is 1.58. The van der Waals surface area contributed by atoms with E-state index in [1.54, 1.807) is 37.8 Å². The lowest BCUT2D eigenvalue weighted by Crippen LogP contribution is -2.60. The van der Waals surface area contributed by atoms with Crippen molar-refractivity contribution in [2.75, 3.05) is 18.0 Å². The Hall–Kier alpha value is -3.44. The van der Waals surface area contributed by atoms with Crippen molar-refractivity contribution in [3.63, 3.8) is 0 Å². The van der Waals surface area contributed by atoms with E-state index in [1.807, 2.05) is 41.2 Å². The third kappa shape index (κ3) is 3.48. The van der Waals surface area contributed by atoms with Gasteiger partial charge in [0.15, 0.2) is 5.94 Å². The van der Waals surface area contributed by atoms with E-state index in [1.165, 1.54) is 6.07 Å². The van der Waals surface area contributed by atoms with Crippen LogP contribution in [0.25, 0.3) is 5.70 Å². The van der Waals surface area contributed by atoms with E-state index in [9.17, 15) is 14.0 Å². The number of esters is 1. The number of carbonyl (C=O) groups excluding carboxylic acids is 2. The molecule has 0 radical (unpaired) electrons. The molecule has 30 heavy (non-hydrogen) atoms. The molecule has 4 rings (SSSR count). The van der Waals surface area contributed by atoms with Gasteiger partial charge in [0, 0.05) is 5.69 Å². The lowest BCUT2D eigenvalue weighted by molar-refractivity contribution is -0.164. The highest BCUT2D eigenvalue weighted by Gasteiger charge is 2.40. The van der Waals surface area contributed by atoms with Gasteiger partial charge >= 0.3 is 5.97 Å². The summed E-state index contributed by atoms with van der Waals surface area (Å²) in [4.78, 5) is 32.2. The van der Waals surface area contributed by atoms with E-state index in [0.29, 0.717) is 30.4 Å². The standard InChI is InChI=1S/C23H22FN3O3/c1-23(2,3)21(29)30-16-12-26(13-16)22-25-18-11-7-10-17(24)20(18)19(14-28)27(22)15-8-5-4-6-9-15/h4-11,16H,12-13H2,1-3H3. The van der Waals surface area contributed by atoms with Gasteiger partial charge in [-0.3, -0.25) is 9.69 Å². The molecule has 1 fully saturated rings. The van der Waals surface area contributed by atoms with Crippen LogP contribution >= 0.6 is 0 Å². The van der Waals surface area contributed by atoms with Crippen LogP contribution in [0.4, 0.5) is 15.8 Å². The fourth-order valence-corrected chi connectivity index (χ4v) is 3.34. The molecule has 6 nitrogen and oxygen atoms in total. The minimum atomic E-state index is -0.581. The van der Waals surface area contributed by atoms with Gasteiger partial charge in [-0.2, -0.15) is 0 Å². The number of guanidine groups is 1. The molecule has 0 N–H and O–H groups in total. The molecule has 2 heterocycles. The molecule has 0 bridgehead atoms. The number of hydrogen-bond acceptors (Lipinski definition) is 6. The minimum absolute atomic E-state index is 0.0643. The predicted octanol–water partition coefficient (Wildman–Crippen LogP) is 3.78. The average Bonchev–Trinajstić information content (AvgIpc) is 2.69. The molecule has 0 saturated carbocycles. The first kappa shape index (κ1) is 19.9. The fraction of sp³-hybridized carbons (Fsp3) is 0.304. The average molecular weight is 407 g/mol. The van der Waals surface area contributed by atoms with Crippen LogP contribution in [-0.4, -0.2) is 42.0 Å². The van der Waals surface area contributed by atoms with E-state index in [2.05, 4.69) is 4.99 Å². The molecule has 0 unspecified atom stereocenters. The molecule has 2 aromatic rings. The molecule has 1 saturated heterocycles. The summed E-state index contributed by atoms with van der Waals surface area (Å²) in [6.45, 7) is 6.28. The quantitative estimate of drug-likeness (QED) is 0.560. The van der Waals surface area contributed by atoms with Crippen molar-refractivity contribution in [3.8, 4) is 0 Å². The number of para-hydroxylation sites is 1. The molecule has 0 atom stereocenters. The Morgan fingerprint density at radius 3 is 2.47 bits per heavy atom. The molecule has 7 heteroatoms. The second kappa shape index (κ2) is 7.43. The largest absolute Gasteiger partial charge is 0.458 e. The Morgan fingerprint density at radius 2 is 1.83 bits per heavy atom. The summed E-state index contributed by atoms with van der Waals surface area (Å²) in [6, 6.07) is 13.7. The van der Waals surface area contributed by atoms with Crippen molar-refractivity contribution in [1.82, 2.24) is 4.90 Å². The molecule has 2 aromatic carbocycles. The first-order chi connectivity index (χ1) is 14.3. The fourth-order valence-electron chi connectivity index (χ4n) is 3.34. The van der Waals surface area contributed by atoms with Crippen molar-refractivity contribution < 1.29 is 18.7 Å². The third-order valence-electron chi connectivity index (χ3n) is 5.00. The molecule has 0 aromatic heterocycles. The summed E-state index contributed by atoms with van der Waals surface area (Å²) in [7, 11) is 0. The van der Waals surface area contributed by atoms with Crippen LogP contribution < -0.4 is 4.90 Å². The number of nitrogens with zero attached hydrogens (tertiary/aromatic N) is 3. The van der Waals surface area contributed by atoms with Crippen LogP contribution in [-0.2, 0) is 14.3 Å². The van der Waals surface area contributed by atoms with E-state index in [4.69, 9.17) is 4.74 Å². The van der Waals surface area contributed by atoms with Crippen molar-refractivity contribution in [3.05, 3.63) is 59.9 Å². The van der Waals surface area contributed by atoms with Crippen LogP contribution in [0, 0.1) is 11.2 Å². The highest BCUT2D eigenvalue weighted by atomic mass is 19.1. The zero-order valence-electron chi connectivity index (χ0n) is 17.1. The Kier molecular flexibility index (Phi) is 4.92. The van der Waals surface area contributed by atoms with Crippen molar-refractivity contribution in [2.45, 2.75) is 26.9 Å². The number of benzene rings is 2. The lowest BCUT2D eigenvalue weighted by Gasteiger charge is -2.45. The number of fused-ring (bicyclic) bond motifs is 1. The van der Waals surface area contributed by atoms with E-state index < -0.39 is 11.2 Å². The van der Waals surface area contributed by atoms with Gasteiger partial charge in [0.25, 0.3) is 0 Å². The molecule has 2 aliphatic rings. The number of likely N-dealkylation sites (tertiary alicyclic amines) is 1. The smallest absolute Gasteiger partial charge is 0.311 e. The van der Waals surface area contributed by atoms with Gasteiger partial charge in [0.05, 0.1) is 29.8 Å². The van der Waals surface area contributed by atoms with Gasteiger partial charge in [0.1, 0.15) is 17.6 Å². The summed E-state index contributed by atoms with van der Waals surface area (Å²) in [5, 5.41) is 0. The summed E-state index contributed by atoms with van der Waals surface area (Å²) >= 11 is 0. The predicted molar refractivity (Wildman–Crippen MR) is 112 cm³/mol. The van der Waals surface area contributed by atoms with E-state index in [0.717, 1.165) is 0 Å². The number of carbonyl (C=O) groups is 1. The molecule has 154 valence electrons. The van der Waals surface area contributed by atoms with Gasteiger partial charge in [-0.15, -0.1) is 0 Å². The number of halogens is 1. The molecule has 0 spiro atoms. The SMILES string of the molecule is CC(C)(C)C(=O)OC1CN(C2=Nc3cccc(F)c3C(=C=O)N2c2ccccc2)C1. The lowest BCUT2D eigenvalue weighted by atomic mass is 9.97. The number of ether oxygens (including phenoxy) is 1. The summed E-state index contributed by atoms with van der Waals surface area (Å²) in [5.41, 5.74) is 0.637. The van der Waals surface area contributed by atoms with Crippen LogP contribution in [0.3, 0.4) is 0 Å². The number of anilines is 1. The van der Waals surface area contributed by atoms with E-state index >= 15 is 0 Å². The Labute approximate surface area is 174 Å². The van der Waals surface area contributed by atoms with Gasteiger partial charge in [-0.1, -0.05) is 24.3 Å². The highest BCUT2D eigenvalue weighted by molar-refractivity contribution is 6.17.